The fourth-order valence-electron chi connectivity index (χ4n) is 5.04. The maximum Gasteiger partial charge on any atom is 0.416 e. The molecule has 1 aromatic carbocycles. The van der Waals surface area contributed by atoms with Crippen LogP contribution in [0.4, 0.5) is 17.6 Å². The highest BCUT2D eigenvalue weighted by Gasteiger charge is 2.34. The van der Waals surface area contributed by atoms with Gasteiger partial charge in [0.1, 0.15) is 29.5 Å². The monoisotopic (exact) mass is 547 g/mol. The van der Waals surface area contributed by atoms with Crippen molar-refractivity contribution in [1.82, 2.24) is 25.6 Å². The Morgan fingerprint density at radius 3 is 2.56 bits per heavy atom. The molecule has 3 atom stereocenters. The average molecular weight is 548 g/mol. The van der Waals surface area contributed by atoms with E-state index in [4.69, 9.17) is 4.74 Å². The molecule has 208 valence electrons. The van der Waals surface area contributed by atoms with Crippen molar-refractivity contribution in [2.75, 3.05) is 6.61 Å². The number of aryl methyl sites for hydroxylation is 1. The van der Waals surface area contributed by atoms with Crippen LogP contribution in [-0.2, 0) is 11.0 Å². The molecule has 2 aliphatic carbocycles. The molecule has 0 radical (unpaired) electrons. The summed E-state index contributed by atoms with van der Waals surface area (Å²) < 4.78 is 61.2. The van der Waals surface area contributed by atoms with Crippen LogP contribution in [0.3, 0.4) is 0 Å². The minimum atomic E-state index is -4.57. The average Bonchev–Trinajstić information content (AvgIpc) is 3.63. The lowest BCUT2D eigenvalue weighted by molar-refractivity contribution is -0.137. The fraction of sp³-hybridized carbons (Fsp3) is 0.481. The lowest BCUT2D eigenvalue weighted by Crippen LogP contribution is -2.49. The van der Waals surface area contributed by atoms with Crippen LogP contribution in [0, 0.1) is 12.8 Å². The first-order chi connectivity index (χ1) is 18.5. The zero-order chi connectivity index (χ0) is 27.9. The van der Waals surface area contributed by atoms with Gasteiger partial charge < -0.3 is 20.4 Å². The number of fused-ring (bicyclic) bond motifs is 1. The number of amides is 2. The normalized spacial score (nSPS) is 21.5. The van der Waals surface area contributed by atoms with Crippen molar-refractivity contribution in [3.8, 4) is 17.0 Å². The first-order valence-electron chi connectivity index (χ1n) is 12.9. The van der Waals surface area contributed by atoms with Gasteiger partial charge in [-0.15, -0.1) is 0 Å². The first kappa shape index (κ1) is 26.9. The third-order valence-corrected chi connectivity index (χ3v) is 7.23. The molecular formula is C27H29F4N5O3. The minimum Gasteiger partial charge on any atom is -0.493 e. The molecule has 2 fully saturated rings. The van der Waals surface area contributed by atoms with E-state index in [1.165, 1.54) is 19.3 Å². The zero-order valence-electron chi connectivity index (χ0n) is 21.5. The number of carbonyl (C=O) groups excluding carboxylic acids is 2. The Kier molecular flexibility index (Phi) is 7.21. The standard InChI is InChI=1S/C27H29F4N5O3/c1-13-22(26(38)36-17-6-7-20(19(28)10-17)35-14(2)37)24-25(34-13)23(32-12-33-24)18-9-16(27(29,30)31)5-8-21(18)39-11-15-3-4-15/h5,8-9,12,15,17,19-20,34H,3-4,6-7,10-11H2,1-2H3,(H,35,37)(H,36,38)/t17-,19+,20-/m0/s1. The number of rotatable bonds is 7. The Hall–Kier alpha value is -3.70. The Morgan fingerprint density at radius 2 is 1.90 bits per heavy atom. The number of halogens is 4. The van der Waals surface area contributed by atoms with E-state index in [9.17, 15) is 27.2 Å². The number of alkyl halides is 4. The van der Waals surface area contributed by atoms with E-state index in [-0.39, 0.29) is 40.4 Å². The molecule has 12 heteroatoms. The molecule has 0 saturated heterocycles. The molecule has 2 saturated carbocycles. The van der Waals surface area contributed by atoms with Gasteiger partial charge in [0, 0.05) is 30.6 Å². The molecule has 3 N–H and O–H groups in total. The second-order valence-electron chi connectivity index (χ2n) is 10.3. The number of nitrogens with zero attached hydrogens (tertiary/aromatic N) is 2. The van der Waals surface area contributed by atoms with Gasteiger partial charge in [-0.05, 0) is 56.7 Å². The molecule has 0 bridgehead atoms. The van der Waals surface area contributed by atoms with E-state index in [1.807, 2.05) is 0 Å². The Balaban J connectivity index is 1.45. The quantitative estimate of drug-likeness (QED) is 0.366. The summed E-state index contributed by atoms with van der Waals surface area (Å²) in [5, 5.41) is 5.45. The molecule has 8 nitrogen and oxygen atoms in total. The highest BCUT2D eigenvalue weighted by atomic mass is 19.4. The number of ether oxygens (including phenoxy) is 1. The number of carbonyl (C=O) groups is 2. The predicted molar refractivity (Wildman–Crippen MR) is 135 cm³/mol. The van der Waals surface area contributed by atoms with Gasteiger partial charge in [-0.3, -0.25) is 9.59 Å². The largest absolute Gasteiger partial charge is 0.493 e. The molecular weight excluding hydrogens is 518 g/mol. The van der Waals surface area contributed by atoms with Gasteiger partial charge in [-0.25, -0.2) is 14.4 Å². The summed E-state index contributed by atoms with van der Waals surface area (Å²) in [5.74, 6) is -0.145. The second-order valence-corrected chi connectivity index (χ2v) is 10.3. The topological polar surface area (TPSA) is 109 Å². The van der Waals surface area contributed by atoms with E-state index in [1.54, 1.807) is 6.92 Å². The van der Waals surface area contributed by atoms with Crippen molar-refractivity contribution in [2.24, 2.45) is 5.92 Å². The molecule has 2 amide bonds. The summed E-state index contributed by atoms with van der Waals surface area (Å²) in [6.45, 7) is 3.38. The summed E-state index contributed by atoms with van der Waals surface area (Å²) >= 11 is 0. The zero-order valence-corrected chi connectivity index (χ0v) is 21.5. The van der Waals surface area contributed by atoms with Gasteiger partial charge in [0.2, 0.25) is 5.91 Å². The van der Waals surface area contributed by atoms with E-state index in [2.05, 4.69) is 25.6 Å². The number of hydrogen-bond donors (Lipinski definition) is 3. The van der Waals surface area contributed by atoms with Crippen molar-refractivity contribution in [3.63, 3.8) is 0 Å². The fourth-order valence-corrected chi connectivity index (χ4v) is 5.04. The predicted octanol–water partition coefficient (Wildman–Crippen LogP) is 4.87. The van der Waals surface area contributed by atoms with Gasteiger partial charge in [0.05, 0.1) is 29.3 Å². The summed E-state index contributed by atoms with van der Waals surface area (Å²) in [7, 11) is 0. The Labute approximate surface area is 221 Å². The maximum atomic E-state index is 14.6. The highest BCUT2D eigenvalue weighted by Crippen LogP contribution is 2.40. The van der Waals surface area contributed by atoms with E-state index in [0.29, 0.717) is 36.6 Å². The van der Waals surface area contributed by atoms with Crippen LogP contribution in [0.2, 0.25) is 0 Å². The van der Waals surface area contributed by atoms with Gasteiger partial charge in [-0.2, -0.15) is 13.2 Å². The number of nitrogens with one attached hydrogen (secondary N) is 3. The smallest absolute Gasteiger partial charge is 0.416 e. The summed E-state index contributed by atoms with van der Waals surface area (Å²) in [5.41, 5.74) is 0.667. The molecule has 39 heavy (non-hydrogen) atoms. The third kappa shape index (κ3) is 5.84. The number of aromatic amines is 1. The van der Waals surface area contributed by atoms with Crippen molar-refractivity contribution in [3.05, 3.63) is 41.3 Å². The number of benzene rings is 1. The van der Waals surface area contributed by atoms with Gasteiger partial charge in [0.25, 0.3) is 5.91 Å². The van der Waals surface area contributed by atoms with Crippen molar-refractivity contribution in [1.29, 1.82) is 0 Å². The van der Waals surface area contributed by atoms with Crippen molar-refractivity contribution < 1.29 is 31.9 Å². The minimum absolute atomic E-state index is 0.0459. The Bertz CT molecular complexity index is 1400. The van der Waals surface area contributed by atoms with E-state index >= 15 is 0 Å². The first-order valence-corrected chi connectivity index (χ1v) is 12.9. The van der Waals surface area contributed by atoms with Crippen LogP contribution < -0.4 is 15.4 Å². The summed E-state index contributed by atoms with van der Waals surface area (Å²) in [4.78, 5) is 36.2. The molecule has 5 rings (SSSR count). The molecule has 3 aromatic rings. The van der Waals surface area contributed by atoms with Crippen molar-refractivity contribution >= 4 is 22.8 Å². The molecule has 0 spiro atoms. The number of aromatic nitrogens is 3. The molecule has 2 aliphatic rings. The number of H-pyrrole nitrogens is 1. The van der Waals surface area contributed by atoms with Gasteiger partial charge >= 0.3 is 6.18 Å². The van der Waals surface area contributed by atoms with Crippen LogP contribution in [0.25, 0.3) is 22.3 Å². The van der Waals surface area contributed by atoms with Crippen molar-refractivity contribution in [2.45, 2.75) is 70.4 Å². The highest BCUT2D eigenvalue weighted by molar-refractivity contribution is 6.09. The van der Waals surface area contributed by atoms with Crippen LogP contribution >= 0.6 is 0 Å². The lowest BCUT2D eigenvalue weighted by atomic mass is 9.89. The molecule has 0 aliphatic heterocycles. The summed E-state index contributed by atoms with van der Waals surface area (Å²) in [6, 6.07) is 2.22. The van der Waals surface area contributed by atoms with E-state index in [0.717, 1.165) is 25.0 Å². The van der Waals surface area contributed by atoms with Gasteiger partial charge in [0.15, 0.2) is 0 Å². The molecule has 2 heterocycles. The van der Waals surface area contributed by atoms with Crippen LogP contribution in [-0.4, -0.2) is 51.6 Å². The van der Waals surface area contributed by atoms with Gasteiger partial charge in [-0.1, -0.05) is 0 Å². The van der Waals surface area contributed by atoms with Crippen LogP contribution in [0.5, 0.6) is 5.75 Å². The second kappa shape index (κ2) is 10.5. The Morgan fingerprint density at radius 1 is 1.13 bits per heavy atom. The van der Waals surface area contributed by atoms with E-state index < -0.39 is 35.9 Å². The SMILES string of the molecule is CC(=O)N[C@H]1CC[C@H](NC(=O)c2c(C)[nH]c3c(-c4cc(C(F)(F)F)ccc4OCC4CC4)ncnc23)C[C@H]1F. The summed E-state index contributed by atoms with van der Waals surface area (Å²) in [6.07, 6.45) is -1.75. The third-order valence-electron chi connectivity index (χ3n) is 7.23. The number of hydrogen-bond acceptors (Lipinski definition) is 5. The molecule has 2 aromatic heterocycles. The van der Waals surface area contributed by atoms with Crippen LogP contribution in [0.1, 0.15) is 60.6 Å². The maximum absolute atomic E-state index is 14.6. The van der Waals surface area contributed by atoms with Crippen LogP contribution in [0.15, 0.2) is 24.5 Å². The molecule has 0 unspecified atom stereocenters. The lowest BCUT2D eigenvalue weighted by Gasteiger charge is -2.32.